The Morgan fingerprint density at radius 3 is 2.47 bits per heavy atom. The summed E-state index contributed by atoms with van der Waals surface area (Å²) in [6.45, 7) is 1.93. The van der Waals surface area contributed by atoms with Crippen LogP contribution in [0, 0.1) is 11.3 Å². The Kier molecular flexibility index (Phi) is 6.30. The predicted molar refractivity (Wildman–Crippen MR) is 118 cm³/mol. The first-order chi connectivity index (χ1) is 14.7. The summed E-state index contributed by atoms with van der Waals surface area (Å²) in [5, 5.41) is 21.3. The fraction of sp³-hybridized carbons (Fsp3) is 0.273. The van der Waals surface area contributed by atoms with Crippen molar-refractivity contribution in [3.63, 3.8) is 0 Å². The number of nitriles is 1. The Morgan fingerprint density at radius 2 is 1.77 bits per heavy atom. The summed E-state index contributed by atoms with van der Waals surface area (Å²) in [6.07, 6.45) is 3.54. The van der Waals surface area contributed by atoms with Gasteiger partial charge in [0.25, 0.3) is 0 Å². The average Bonchev–Trinajstić information content (AvgIpc) is 3.23. The van der Waals surface area contributed by atoms with Crippen LogP contribution in [0.3, 0.4) is 0 Å². The van der Waals surface area contributed by atoms with Crippen LogP contribution in [-0.2, 0) is 4.79 Å². The zero-order valence-electron chi connectivity index (χ0n) is 16.5. The molecule has 8 heteroatoms. The van der Waals surface area contributed by atoms with Gasteiger partial charge in [-0.3, -0.25) is 9.36 Å². The molecule has 4 rings (SSSR count). The predicted octanol–water partition coefficient (Wildman–Crippen LogP) is 3.86. The molecule has 1 aromatic heterocycles. The molecular weight excluding hydrogens is 396 g/mol. The van der Waals surface area contributed by atoms with E-state index in [-0.39, 0.29) is 11.7 Å². The lowest BCUT2D eigenvalue weighted by molar-refractivity contribution is -0.113. The van der Waals surface area contributed by atoms with E-state index in [1.165, 1.54) is 18.2 Å². The van der Waals surface area contributed by atoms with Gasteiger partial charge in [-0.05, 0) is 55.7 Å². The molecule has 0 aliphatic carbocycles. The van der Waals surface area contributed by atoms with Gasteiger partial charge in [0.1, 0.15) is 0 Å². The molecule has 1 aliphatic heterocycles. The number of carbonyl (C=O) groups excluding carboxylic acids is 1. The van der Waals surface area contributed by atoms with Crippen LogP contribution in [0.15, 0.2) is 59.8 Å². The van der Waals surface area contributed by atoms with E-state index in [9.17, 15) is 4.79 Å². The lowest BCUT2D eigenvalue weighted by Gasteiger charge is -2.27. The van der Waals surface area contributed by atoms with Crippen LogP contribution in [-0.4, -0.2) is 39.5 Å². The van der Waals surface area contributed by atoms with Crippen molar-refractivity contribution in [1.29, 1.82) is 5.26 Å². The van der Waals surface area contributed by atoms with Crippen LogP contribution in [0.5, 0.6) is 0 Å². The third-order valence-corrected chi connectivity index (χ3v) is 5.83. The average molecular weight is 419 g/mol. The minimum absolute atomic E-state index is 0.133. The zero-order valence-corrected chi connectivity index (χ0v) is 17.3. The second-order valence-corrected chi connectivity index (χ2v) is 7.97. The number of amides is 1. The number of hydrogen-bond donors (Lipinski definition) is 1. The number of aromatic nitrogens is 3. The largest absolute Gasteiger partial charge is 0.341 e. The first kappa shape index (κ1) is 20.0. The Morgan fingerprint density at radius 1 is 1.03 bits per heavy atom. The zero-order chi connectivity index (χ0) is 20.8. The maximum absolute atomic E-state index is 12.4. The molecule has 1 fully saturated rings. The molecular formula is C22H22N6OS. The fourth-order valence-electron chi connectivity index (χ4n) is 3.41. The van der Waals surface area contributed by atoms with E-state index in [1.54, 1.807) is 24.3 Å². The summed E-state index contributed by atoms with van der Waals surface area (Å²) in [5.41, 5.74) is 2.21. The molecule has 0 atom stereocenters. The number of rotatable bonds is 6. The smallest absolute Gasteiger partial charge is 0.234 e. The molecule has 1 amide bonds. The highest BCUT2D eigenvalue weighted by molar-refractivity contribution is 7.99. The molecule has 30 heavy (non-hydrogen) atoms. The number of anilines is 2. The summed E-state index contributed by atoms with van der Waals surface area (Å²) < 4.78 is 2.03. The van der Waals surface area contributed by atoms with Crippen LogP contribution in [0.25, 0.3) is 5.69 Å². The van der Waals surface area contributed by atoms with Crippen molar-refractivity contribution in [3.05, 3.63) is 60.2 Å². The van der Waals surface area contributed by atoms with Crippen molar-refractivity contribution in [3.8, 4) is 11.8 Å². The van der Waals surface area contributed by atoms with Crippen molar-refractivity contribution in [2.45, 2.75) is 24.4 Å². The summed E-state index contributed by atoms with van der Waals surface area (Å²) >= 11 is 1.36. The van der Waals surface area contributed by atoms with Gasteiger partial charge in [0, 0.05) is 18.8 Å². The first-order valence-electron chi connectivity index (χ1n) is 9.93. The third kappa shape index (κ3) is 4.63. The topological polar surface area (TPSA) is 86.8 Å². The molecule has 1 aliphatic rings. The van der Waals surface area contributed by atoms with Gasteiger partial charge in [-0.15, -0.1) is 10.2 Å². The molecule has 0 bridgehead atoms. The summed E-state index contributed by atoms with van der Waals surface area (Å²) in [4.78, 5) is 14.7. The van der Waals surface area contributed by atoms with Crippen LogP contribution in [0.2, 0.25) is 0 Å². The number of thioether (sulfide) groups is 1. The molecule has 2 heterocycles. The maximum Gasteiger partial charge on any atom is 0.234 e. The van der Waals surface area contributed by atoms with Gasteiger partial charge in [0.2, 0.25) is 11.9 Å². The molecule has 3 aromatic rings. The lowest BCUT2D eigenvalue weighted by atomic mass is 10.1. The minimum Gasteiger partial charge on any atom is -0.341 e. The third-order valence-electron chi connectivity index (χ3n) is 4.90. The standard InChI is InChI=1S/C22H22N6OS/c23-15-17-9-11-18(12-10-17)24-20(29)16-30-22-26-25-21(27-13-5-2-6-14-27)28(22)19-7-3-1-4-8-19/h1,3-4,7-12H,2,5-6,13-14,16H2,(H,24,29). The first-order valence-corrected chi connectivity index (χ1v) is 10.9. The van der Waals surface area contributed by atoms with Gasteiger partial charge >= 0.3 is 0 Å². The van der Waals surface area contributed by atoms with Gasteiger partial charge in [-0.2, -0.15) is 5.26 Å². The molecule has 152 valence electrons. The second-order valence-electron chi connectivity index (χ2n) is 7.03. The van der Waals surface area contributed by atoms with Gasteiger partial charge in [0.05, 0.1) is 23.1 Å². The van der Waals surface area contributed by atoms with Crippen LogP contribution >= 0.6 is 11.8 Å². The van der Waals surface area contributed by atoms with E-state index in [0.717, 1.165) is 37.6 Å². The highest BCUT2D eigenvalue weighted by atomic mass is 32.2. The molecule has 7 nitrogen and oxygen atoms in total. The number of benzene rings is 2. The molecule has 0 unspecified atom stereocenters. The number of nitrogens with zero attached hydrogens (tertiary/aromatic N) is 5. The van der Waals surface area contributed by atoms with E-state index < -0.39 is 0 Å². The Hall–Kier alpha value is -3.31. The van der Waals surface area contributed by atoms with E-state index >= 15 is 0 Å². The lowest BCUT2D eigenvalue weighted by Crippen LogP contribution is -2.31. The molecule has 1 N–H and O–H groups in total. The molecule has 1 saturated heterocycles. The van der Waals surface area contributed by atoms with Crippen LogP contribution < -0.4 is 10.2 Å². The second kappa shape index (κ2) is 9.46. The monoisotopic (exact) mass is 418 g/mol. The Bertz CT molecular complexity index is 1040. The Balaban J connectivity index is 1.50. The van der Waals surface area contributed by atoms with Crippen LogP contribution in [0.4, 0.5) is 11.6 Å². The number of piperidine rings is 1. The molecule has 0 saturated carbocycles. The van der Waals surface area contributed by atoms with Gasteiger partial charge < -0.3 is 10.2 Å². The quantitative estimate of drug-likeness (QED) is 0.612. The highest BCUT2D eigenvalue weighted by Crippen LogP contribution is 2.28. The van der Waals surface area contributed by atoms with Gasteiger partial charge in [-0.1, -0.05) is 30.0 Å². The Labute approximate surface area is 179 Å². The number of para-hydroxylation sites is 1. The van der Waals surface area contributed by atoms with Crippen molar-refractivity contribution in [2.24, 2.45) is 0 Å². The van der Waals surface area contributed by atoms with E-state index in [1.807, 2.05) is 34.9 Å². The fourth-order valence-corrected chi connectivity index (χ4v) is 4.16. The summed E-state index contributed by atoms with van der Waals surface area (Å²) in [7, 11) is 0. The number of nitrogens with one attached hydrogen (secondary N) is 1. The number of hydrogen-bond acceptors (Lipinski definition) is 6. The van der Waals surface area contributed by atoms with Crippen molar-refractivity contribution in [1.82, 2.24) is 14.8 Å². The van der Waals surface area contributed by atoms with E-state index in [2.05, 4.69) is 26.5 Å². The van der Waals surface area contributed by atoms with Crippen molar-refractivity contribution in [2.75, 3.05) is 29.1 Å². The van der Waals surface area contributed by atoms with E-state index in [0.29, 0.717) is 16.4 Å². The minimum atomic E-state index is -0.133. The highest BCUT2D eigenvalue weighted by Gasteiger charge is 2.22. The van der Waals surface area contributed by atoms with Crippen molar-refractivity contribution < 1.29 is 4.79 Å². The normalized spacial score (nSPS) is 13.6. The molecule has 2 aromatic carbocycles. The molecule has 0 radical (unpaired) electrons. The molecule has 0 spiro atoms. The number of carbonyl (C=O) groups is 1. The SMILES string of the molecule is N#Cc1ccc(NC(=O)CSc2nnc(N3CCCCC3)n2-c2ccccc2)cc1. The van der Waals surface area contributed by atoms with Crippen molar-refractivity contribution >= 4 is 29.3 Å². The van der Waals surface area contributed by atoms with Gasteiger partial charge in [0.15, 0.2) is 5.16 Å². The van der Waals surface area contributed by atoms with Crippen LogP contribution in [0.1, 0.15) is 24.8 Å². The summed E-state index contributed by atoms with van der Waals surface area (Å²) in [5.74, 6) is 0.910. The maximum atomic E-state index is 12.4. The summed E-state index contributed by atoms with van der Waals surface area (Å²) in [6, 6.07) is 18.9. The van der Waals surface area contributed by atoms with E-state index in [4.69, 9.17) is 5.26 Å². The van der Waals surface area contributed by atoms with Gasteiger partial charge in [-0.25, -0.2) is 0 Å².